The van der Waals surface area contributed by atoms with Gasteiger partial charge in [0.2, 0.25) is 0 Å². The third kappa shape index (κ3) is 2.86. The minimum Gasteiger partial charge on any atom is -0.490 e. The maximum absolute atomic E-state index is 13.5. The third-order valence-corrected chi connectivity index (χ3v) is 3.63. The first-order valence-electron chi connectivity index (χ1n) is 5.62. The average Bonchev–Trinajstić information content (AvgIpc) is 2.77. The molecule has 2 aromatic rings. The zero-order valence-electron chi connectivity index (χ0n) is 10.0. The smallest absolute Gasteiger partial charge is 0.165 e. The second kappa shape index (κ2) is 5.93. The van der Waals surface area contributed by atoms with Gasteiger partial charge in [0.05, 0.1) is 24.4 Å². The molecule has 1 aromatic heterocycles. The zero-order chi connectivity index (χ0) is 13.0. The monoisotopic (exact) mass is 267 g/mol. The van der Waals surface area contributed by atoms with Gasteiger partial charge in [-0.25, -0.2) is 9.37 Å². The number of benzene rings is 1. The lowest BCUT2D eigenvalue weighted by Crippen LogP contribution is -2.05. The summed E-state index contributed by atoms with van der Waals surface area (Å²) in [5.74, 6) is -0.301. The quantitative estimate of drug-likeness (QED) is 0.905. The fraction of sp³-hybridized carbons (Fsp3) is 0.308. The van der Waals surface area contributed by atoms with Gasteiger partial charge in [0, 0.05) is 16.9 Å². The van der Waals surface area contributed by atoms with Gasteiger partial charge in [-0.15, -0.1) is 11.3 Å². The van der Waals surface area contributed by atoms with Gasteiger partial charge in [-0.1, -0.05) is 12.1 Å². The molecule has 0 saturated carbocycles. The molecule has 2 rings (SSSR count). The third-order valence-electron chi connectivity index (χ3n) is 2.64. The van der Waals surface area contributed by atoms with Crippen molar-refractivity contribution in [3.8, 4) is 5.75 Å². The van der Waals surface area contributed by atoms with E-state index in [4.69, 9.17) is 9.84 Å². The number of aliphatic hydroxyl groups is 1. The fourth-order valence-corrected chi connectivity index (χ4v) is 2.41. The summed E-state index contributed by atoms with van der Waals surface area (Å²) in [5.41, 5.74) is 3.24. The largest absolute Gasteiger partial charge is 0.490 e. The number of aromatic nitrogens is 1. The molecule has 0 aliphatic carbocycles. The lowest BCUT2D eigenvalue weighted by Gasteiger charge is -2.10. The molecule has 18 heavy (non-hydrogen) atoms. The second-order valence-corrected chi connectivity index (χ2v) is 4.78. The van der Waals surface area contributed by atoms with Crippen molar-refractivity contribution in [2.45, 2.75) is 20.0 Å². The van der Waals surface area contributed by atoms with Gasteiger partial charge in [-0.05, 0) is 13.0 Å². The van der Waals surface area contributed by atoms with Crippen LogP contribution in [0, 0.1) is 12.7 Å². The van der Waals surface area contributed by atoms with Gasteiger partial charge in [0.1, 0.15) is 0 Å². The van der Waals surface area contributed by atoms with Crippen LogP contribution in [0.15, 0.2) is 23.7 Å². The van der Waals surface area contributed by atoms with Crippen molar-refractivity contribution in [3.05, 3.63) is 45.7 Å². The Morgan fingerprint density at radius 1 is 1.44 bits per heavy atom. The lowest BCUT2D eigenvalue weighted by atomic mass is 10.2. The van der Waals surface area contributed by atoms with Crippen molar-refractivity contribution < 1.29 is 14.2 Å². The normalized spacial score (nSPS) is 10.6. The highest BCUT2D eigenvalue weighted by molar-refractivity contribution is 7.09. The Kier molecular flexibility index (Phi) is 4.28. The van der Waals surface area contributed by atoms with E-state index in [9.17, 15) is 4.39 Å². The molecular formula is C13H14FNO2S. The van der Waals surface area contributed by atoms with Crippen LogP contribution in [0.2, 0.25) is 0 Å². The number of hydrogen-bond acceptors (Lipinski definition) is 4. The Labute approximate surface area is 109 Å². The number of halogens is 1. The molecule has 1 aromatic carbocycles. The van der Waals surface area contributed by atoms with E-state index in [1.807, 2.05) is 6.92 Å². The van der Waals surface area contributed by atoms with Crippen LogP contribution in [0.3, 0.4) is 0 Å². The number of para-hydroxylation sites is 1. The summed E-state index contributed by atoms with van der Waals surface area (Å²) >= 11 is 1.56. The molecule has 0 bridgehead atoms. The summed E-state index contributed by atoms with van der Waals surface area (Å²) in [4.78, 5) is 5.28. The summed E-state index contributed by atoms with van der Waals surface area (Å²) in [5, 5.41) is 9.12. The zero-order valence-corrected chi connectivity index (χ0v) is 10.8. The predicted octanol–water partition coefficient (Wildman–Crippen LogP) is 2.70. The number of thiazole rings is 1. The van der Waals surface area contributed by atoms with Crippen LogP contribution in [0.1, 0.15) is 16.1 Å². The first kappa shape index (κ1) is 13.0. The number of hydrogen-bond donors (Lipinski definition) is 1. The molecule has 0 spiro atoms. The molecule has 0 amide bonds. The molecule has 1 N–H and O–H groups in total. The summed E-state index contributed by atoms with van der Waals surface area (Å²) in [7, 11) is 0. The number of aliphatic hydroxyl groups excluding tert-OH is 1. The molecule has 0 radical (unpaired) electrons. The van der Waals surface area contributed by atoms with Gasteiger partial charge in [-0.3, -0.25) is 0 Å². The topological polar surface area (TPSA) is 42.4 Å². The second-order valence-electron chi connectivity index (χ2n) is 3.85. The maximum Gasteiger partial charge on any atom is 0.165 e. The summed E-state index contributed by atoms with van der Waals surface area (Å²) in [6.07, 6.45) is 0.690. The molecular weight excluding hydrogens is 253 g/mol. The molecule has 96 valence electrons. The van der Waals surface area contributed by atoms with Crippen LogP contribution in [-0.2, 0) is 13.0 Å². The molecule has 0 aliphatic rings. The van der Waals surface area contributed by atoms with Gasteiger partial charge >= 0.3 is 0 Å². The van der Waals surface area contributed by atoms with E-state index >= 15 is 0 Å². The predicted molar refractivity (Wildman–Crippen MR) is 68.4 cm³/mol. The highest BCUT2D eigenvalue weighted by Gasteiger charge is 2.09. The molecule has 0 atom stereocenters. The van der Waals surface area contributed by atoms with Crippen LogP contribution in [0.4, 0.5) is 4.39 Å². The first-order valence-corrected chi connectivity index (χ1v) is 6.50. The first-order chi connectivity index (χ1) is 8.72. The highest BCUT2D eigenvalue weighted by atomic mass is 32.1. The Morgan fingerprint density at radius 3 is 2.94 bits per heavy atom. The minimum absolute atomic E-state index is 0.141. The number of nitrogens with zero attached hydrogens (tertiary/aromatic N) is 1. The Balaban J connectivity index is 2.00. The molecule has 5 heteroatoms. The van der Waals surface area contributed by atoms with Crippen LogP contribution in [0.25, 0.3) is 0 Å². The number of aryl methyl sites for hydroxylation is 1. The van der Waals surface area contributed by atoms with Crippen LogP contribution >= 0.6 is 11.3 Å². The van der Waals surface area contributed by atoms with Crippen LogP contribution in [0.5, 0.6) is 5.75 Å². The maximum atomic E-state index is 13.5. The fourth-order valence-electron chi connectivity index (χ4n) is 1.65. The van der Waals surface area contributed by atoms with Crippen LogP contribution < -0.4 is 4.74 Å². The van der Waals surface area contributed by atoms with Crippen molar-refractivity contribution in [2.75, 3.05) is 6.61 Å². The summed E-state index contributed by atoms with van der Waals surface area (Å²) in [6, 6.07) is 4.53. The molecule has 0 saturated heterocycles. The Hall–Kier alpha value is -1.46. The number of ether oxygens (including phenoxy) is 1. The average molecular weight is 267 g/mol. The highest BCUT2D eigenvalue weighted by Crippen LogP contribution is 2.23. The van der Waals surface area contributed by atoms with Crippen molar-refractivity contribution in [2.24, 2.45) is 0 Å². The summed E-state index contributed by atoms with van der Waals surface area (Å²) < 4.78 is 19.0. The Bertz CT molecular complexity index is 527. The lowest BCUT2D eigenvalue weighted by molar-refractivity contribution is 0.257. The van der Waals surface area contributed by atoms with Gasteiger partial charge in [-0.2, -0.15) is 0 Å². The standard InChI is InChI=1S/C13H14FNO2S/c1-9-12(18-8-15-9)5-6-17-13-10(7-16)3-2-4-11(13)14/h2-4,8,16H,5-7H2,1H3. The van der Waals surface area contributed by atoms with Crippen molar-refractivity contribution >= 4 is 11.3 Å². The van der Waals surface area contributed by atoms with E-state index in [0.29, 0.717) is 18.6 Å². The number of rotatable bonds is 5. The molecule has 3 nitrogen and oxygen atoms in total. The van der Waals surface area contributed by atoms with Gasteiger partial charge < -0.3 is 9.84 Å². The molecule has 0 aliphatic heterocycles. The van der Waals surface area contributed by atoms with E-state index in [1.54, 1.807) is 29.0 Å². The van der Waals surface area contributed by atoms with E-state index in [2.05, 4.69) is 4.98 Å². The van der Waals surface area contributed by atoms with E-state index in [0.717, 1.165) is 10.6 Å². The molecule has 1 heterocycles. The van der Waals surface area contributed by atoms with E-state index in [1.165, 1.54) is 6.07 Å². The minimum atomic E-state index is -0.442. The van der Waals surface area contributed by atoms with E-state index in [-0.39, 0.29) is 12.4 Å². The van der Waals surface area contributed by atoms with Gasteiger partial charge in [0.25, 0.3) is 0 Å². The van der Waals surface area contributed by atoms with Crippen LogP contribution in [-0.4, -0.2) is 16.7 Å². The SMILES string of the molecule is Cc1ncsc1CCOc1c(F)cccc1CO. The van der Waals surface area contributed by atoms with Gasteiger partial charge in [0.15, 0.2) is 11.6 Å². The van der Waals surface area contributed by atoms with Crippen molar-refractivity contribution in [1.29, 1.82) is 0 Å². The molecule has 0 unspecified atom stereocenters. The van der Waals surface area contributed by atoms with Crippen molar-refractivity contribution in [1.82, 2.24) is 4.98 Å². The molecule has 0 fully saturated rings. The Morgan fingerprint density at radius 2 is 2.28 bits per heavy atom. The van der Waals surface area contributed by atoms with E-state index < -0.39 is 5.82 Å². The van der Waals surface area contributed by atoms with Crippen molar-refractivity contribution in [3.63, 3.8) is 0 Å². The summed E-state index contributed by atoms with van der Waals surface area (Å²) in [6.45, 7) is 2.08.